The van der Waals surface area contributed by atoms with E-state index in [4.69, 9.17) is 14.0 Å². The van der Waals surface area contributed by atoms with Crippen LogP contribution in [-0.4, -0.2) is 88.3 Å². The molecular weight excluding hydrogens is 510 g/mol. The predicted molar refractivity (Wildman–Crippen MR) is 130 cm³/mol. The highest BCUT2D eigenvalue weighted by atomic mass is 32.2. The van der Waals surface area contributed by atoms with Gasteiger partial charge in [0.15, 0.2) is 15.6 Å². The zero-order valence-electron chi connectivity index (χ0n) is 20.6. The fourth-order valence-electron chi connectivity index (χ4n) is 4.78. The summed E-state index contributed by atoms with van der Waals surface area (Å²) in [5.41, 5.74) is -0.0320. The third kappa shape index (κ3) is 5.92. The molecule has 2 unspecified atom stereocenters. The van der Waals surface area contributed by atoms with Gasteiger partial charge in [-0.05, 0) is 51.3 Å². The number of hydrogen-bond donors (Lipinski definition) is 2. The molecule has 1 spiro atoms. The minimum Gasteiger partial charge on any atom is -0.491 e. The smallest absolute Gasteiger partial charge is 0.248 e. The van der Waals surface area contributed by atoms with Gasteiger partial charge in [-0.25, -0.2) is 16.8 Å². The standard InChI is InChI=1S/C23H33N3O8S2/c1-16-22(17(2)34-25-16)36(30,31)26-9-7-23(8-10-26)12-18(14-33-23)24-13-19(27)15-32-20-5-4-6-21(11-20)35(3,28)29/h4-6,11,18-19,24,27H,7-10,12-15H2,1-3H3. The van der Waals surface area contributed by atoms with Gasteiger partial charge in [-0.2, -0.15) is 4.31 Å². The van der Waals surface area contributed by atoms with Gasteiger partial charge in [0.1, 0.15) is 29.0 Å². The van der Waals surface area contributed by atoms with Crippen molar-refractivity contribution < 1.29 is 35.9 Å². The monoisotopic (exact) mass is 543 g/mol. The van der Waals surface area contributed by atoms with Crippen molar-refractivity contribution in [3.63, 3.8) is 0 Å². The Kier molecular flexibility index (Phi) is 7.79. The number of sulfone groups is 1. The van der Waals surface area contributed by atoms with Crippen LogP contribution in [0.5, 0.6) is 5.75 Å². The van der Waals surface area contributed by atoms with Crippen molar-refractivity contribution in [1.29, 1.82) is 0 Å². The van der Waals surface area contributed by atoms with Crippen LogP contribution in [0.3, 0.4) is 0 Å². The molecule has 11 nitrogen and oxygen atoms in total. The van der Waals surface area contributed by atoms with Gasteiger partial charge in [0.25, 0.3) is 0 Å². The molecule has 0 amide bonds. The van der Waals surface area contributed by atoms with Crippen LogP contribution in [0.2, 0.25) is 0 Å². The number of aryl methyl sites for hydroxylation is 2. The average Bonchev–Trinajstić information content (AvgIpc) is 3.38. The van der Waals surface area contributed by atoms with Gasteiger partial charge in [0.05, 0.1) is 17.1 Å². The second-order valence-corrected chi connectivity index (χ2v) is 13.5. The zero-order valence-corrected chi connectivity index (χ0v) is 22.3. The minimum absolute atomic E-state index is 0.00740. The van der Waals surface area contributed by atoms with Crippen molar-refractivity contribution in [2.45, 2.75) is 60.6 Å². The van der Waals surface area contributed by atoms with E-state index in [0.29, 0.717) is 49.7 Å². The molecule has 1 aromatic carbocycles. The lowest BCUT2D eigenvalue weighted by atomic mass is 9.88. The van der Waals surface area contributed by atoms with Crippen molar-refractivity contribution in [1.82, 2.24) is 14.8 Å². The lowest BCUT2D eigenvalue weighted by Crippen LogP contribution is -2.47. The van der Waals surface area contributed by atoms with E-state index in [2.05, 4.69) is 10.5 Å². The first-order valence-corrected chi connectivity index (χ1v) is 15.1. The average molecular weight is 544 g/mol. The number of hydrogen-bond acceptors (Lipinski definition) is 10. The van der Waals surface area contributed by atoms with Crippen LogP contribution in [0, 0.1) is 13.8 Å². The van der Waals surface area contributed by atoms with Gasteiger partial charge < -0.3 is 24.4 Å². The van der Waals surface area contributed by atoms with E-state index in [9.17, 15) is 21.9 Å². The lowest BCUT2D eigenvalue weighted by Gasteiger charge is -2.37. The Morgan fingerprint density at radius 2 is 1.97 bits per heavy atom. The number of piperidine rings is 1. The number of nitrogens with zero attached hydrogens (tertiary/aromatic N) is 2. The van der Waals surface area contributed by atoms with Crippen molar-refractivity contribution in [3.05, 3.63) is 35.7 Å². The van der Waals surface area contributed by atoms with Crippen LogP contribution >= 0.6 is 0 Å². The fraction of sp³-hybridized carbons (Fsp3) is 0.609. The molecule has 2 fully saturated rings. The fourth-order valence-corrected chi connectivity index (χ4v) is 7.17. The van der Waals surface area contributed by atoms with Gasteiger partial charge >= 0.3 is 0 Å². The first kappa shape index (κ1) is 27.0. The topological polar surface area (TPSA) is 148 Å². The summed E-state index contributed by atoms with van der Waals surface area (Å²) >= 11 is 0. The molecular formula is C23H33N3O8S2. The second-order valence-electron chi connectivity index (χ2n) is 9.57. The van der Waals surface area contributed by atoms with E-state index in [1.165, 1.54) is 16.4 Å². The quantitative estimate of drug-likeness (QED) is 0.470. The van der Waals surface area contributed by atoms with Crippen molar-refractivity contribution in [2.75, 3.05) is 39.1 Å². The Balaban J connectivity index is 1.24. The van der Waals surface area contributed by atoms with Gasteiger partial charge in [-0.15, -0.1) is 0 Å². The molecule has 0 radical (unpaired) electrons. The molecule has 1 aromatic heterocycles. The number of nitrogens with one attached hydrogen (secondary N) is 1. The first-order valence-electron chi connectivity index (χ1n) is 11.8. The van der Waals surface area contributed by atoms with Gasteiger partial charge in [-0.1, -0.05) is 11.2 Å². The van der Waals surface area contributed by atoms with Crippen LogP contribution in [0.15, 0.2) is 38.6 Å². The molecule has 13 heteroatoms. The van der Waals surface area contributed by atoms with Crippen LogP contribution in [0.1, 0.15) is 30.7 Å². The molecule has 2 aromatic rings. The summed E-state index contributed by atoms with van der Waals surface area (Å²) in [6.45, 7) is 4.68. The number of benzene rings is 1. The van der Waals surface area contributed by atoms with Gasteiger partial charge in [0, 0.05) is 31.9 Å². The lowest BCUT2D eigenvalue weighted by molar-refractivity contribution is -0.0312. The third-order valence-corrected chi connectivity index (χ3v) is 9.98. The molecule has 2 saturated heterocycles. The van der Waals surface area contributed by atoms with Crippen LogP contribution in [0.25, 0.3) is 0 Å². The molecule has 2 aliphatic heterocycles. The summed E-state index contributed by atoms with van der Waals surface area (Å²) in [4.78, 5) is 0.302. The minimum atomic E-state index is -3.68. The number of aliphatic hydroxyl groups is 1. The van der Waals surface area contributed by atoms with Crippen molar-refractivity contribution in [2.24, 2.45) is 0 Å². The molecule has 2 N–H and O–H groups in total. The van der Waals surface area contributed by atoms with E-state index in [1.54, 1.807) is 26.0 Å². The Morgan fingerprint density at radius 1 is 1.25 bits per heavy atom. The zero-order chi connectivity index (χ0) is 26.1. The van der Waals surface area contributed by atoms with E-state index >= 15 is 0 Å². The van der Waals surface area contributed by atoms with Crippen LogP contribution in [-0.2, 0) is 24.6 Å². The largest absolute Gasteiger partial charge is 0.491 e. The number of rotatable bonds is 9. The number of sulfonamides is 1. The summed E-state index contributed by atoms with van der Waals surface area (Å²) in [5, 5.41) is 17.4. The summed E-state index contributed by atoms with van der Waals surface area (Å²) in [7, 11) is -7.01. The molecule has 2 atom stereocenters. The highest BCUT2D eigenvalue weighted by molar-refractivity contribution is 7.90. The van der Waals surface area contributed by atoms with E-state index in [-0.39, 0.29) is 29.0 Å². The SMILES string of the molecule is Cc1noc(C)c1S(=O)(=O)N1CCC2(CC1)CC(NCC(O)COc1cccc(S(C)(=O)=O)c1)CO2. The highest BCUT2D eigenvalue weighted by Crippen LogP contribution is 2.38. The molecule has 0 bridgehead atoms. The van der Waals surface area contributed by atoms with Gasteiger partial charge in [0.2, 0.25) is 10.0 Å². The Labute approximate surface area is 211 Å². The van der Waals surface area contributed by atoms with E-state index in [0.717, 1.165) is 12.7 Å². The molecule has 36 heavy (non-hydrogen) atoms. The number of aromatic nitrogens is 1. The second kappa shape index (κ2) is 10.4. The predicted octanol–water partition coefficient (Wildman–Crippen LogP) is 1.04. The highest BCUT2D eigenvalue weighted by Gasteiger charge is 2.45. The maximum Gasteiger partial charge on any atom is 0.248 e. The Morgan fingerprint density at radius 3 is 2.61 bits per heavy atom. The number of aliphatic hydroxyl groups excluding tert-OH is 1. The van der Waals surface area contributed by atoms with Gasteiger partial charge in [-0.3, -0.25) is 0 Å². The maximum atomic E-state index is 13.1. The van der Waals surface area contributed by atoms with Crippen molar-refractivity contribution in [3.8, 4) is 5.75 Å². The van der Waals surface area contributed by atoms with Crippen LogP contribution < -0.4 is 10.1 Å². The van der Waals surface area contributed by atoms with Crippen molar-refractivity contribution >= 4 is 19.9 Å². The molecule has 0 saturated carbocycles. The van der Waals surface area contributed by atoms with E-state index in [1.807, 2.05) is 0 Å². The van der Waals surface area contributed by atoms with E-state index < -0.39 is 31.6 Å². The Bertz CT molecular complexity index is 1260. The third-order valence-electron chi connectivity index (χ3n) is 6.73. The summed E-state index contributed by atoms with van der Waals surface area (Å²) in [6.07, 6.45) is 2.20. The molecule has 0 aliphatic carbocycles. The maximum absolute atomic E-state index is 13.1. The Hall–Kier alpha value is -2.03. The molecule has 3 heterocycles. The first-order chi connectivity index (χ1) is 16.9. The molecule has 4 rings (SSSR count). The molecule has 2 aliphatic rings. The summed E-state index contributed by atoms with van der Waals surface area (Å²) in [5.74, 6) is 0.665. The summed E-state index contributed by atoms with van der Waals surface area (Å²) in [6, 6.07) is 6.19. The van der Waals surface area contributed by atoms with Crippen LogP contribution in [0.4, 0.5) is 0 Å². The normalized spacial score (nSPS) is 21.6. The number of ether oxygens (including phenoxy) is 2. The molecule has 200 valence electrons. The summed E-state index contributed by atoms with van der Waals surface area (Å²) < 4.78 is 67.7.